The molecular formula is C26H33N3O5. The van der Waals surface area contributed by atoms with Gasteiger partial charge in [-0.25, -0.2) is 10.1 Å². The zero-order chi connectivity index (χ0) is 23.8. The molecule has 1 saturated heterocycles. The summed E-state index contributed by atoms with van der Waals surface area (Å²) in [4.78, 5) is 44.4. The Morgan fingerprint density at radius 3 is 2.44 bits per heavy atom. The summed E-state index contributed by atoms with van der Waals surface area (Å²) in [5, 5.41) is 4.30. The van der Waals surface area contributed by atoms with E-state index in [9.17, 15) is 14.4 Å². The Kier molecular flexibility index (Phi) is 8.36. The van der Waals surface area contributed by atoms with Gasteiger partial charge in [-0.1, -0.05) is 56.0 Å². The third-order valence-corrected chi connectivity index (χ3v) is 6.70. The van der Waals surface area contributed by atoms with E-state index < -0.39 is 5.92 Å². The van der Waals surface area contributed by atoms with Crippen LogP contribution in [0.5, 0.6) is 0 Å². The Labute approximate surface area is 200 Å². The van der Waals surface area contributed by atoms with Crippen LogP contribution in [0.4, 0.5) is 0 Å². The average molecular weight is 468 g/mol. The van der Waals surface area contributed by atoms with E-state index in [1.165, 1.54) is 29.2 Å². The van der Waals surface area contributed by atoms with Crippen LogP contribution in [0.2, 0.25) is 0 Å². The van der Waals surface area contributed by atoms with Crippen molar-refractivity contribution in [2.75, 3.05) is 19.6 Å². The summed E-state index contributed by atoms with van der Waals surface area (Å²) in [6, 6.07) is 12.9. The highest BCUT2D eigenvalue weighted by atomic mass is 16.7. The first-order valence-corrected chi connectivity index (χ1v) is 12.2. The first-order chi connectivity index (χ1) is 16.7. The number of amides is 3. The number of nitrogens with zero attached hydrogens (tertiary/aromatic N) is 3. The lowest BCUT2D eigenvalue weighted by Gasteiger charge is -2.40. The van der Waals surface area contributed by atoms with E-state index >= 15 is 0 Å². The number of benzene rings is 1. The Morgan fingerprint density at radius 2 is 1.76 bits per heavy atom. The Bertz CT molecular complexity index is 927. The standard InChI is InChI=1S/C26H33N3O5/c30-20-27(34-19-22-11-2-1-3-12-22)18-23(17-21-9-4-5-10-21)25(31)28-14-6-7-15-29(28)26(32)24-13-8-16-33-24/h1-3,8,11-13,16,20-21,23H,4-7,9-10,14-15,17-19H2/t23-/m1/s1. The van der Waals surface area contributed by atoms with E-state index in [2.05, 4.69) is 0 Å². The molecule has 8 nitrogen and oxygen atoms in total. The zero-order valence-corrected chi connectivity index (χ0v) is 19.5. The molecule has 34 heavy (non-hydrogen) atoms. The van der Waals surface area contributed by atoms with Crippen molar-refractivity contribution in [2.45, 2.75) is 51.6 Å². The minimum atomic E-state index is -0.450. The smallest absolute Gasteiger partial charge is 0.308 e. The van der Waals surface area contributed by atoms with E-state index in [4.69, 9.17) is 9.25 Å². The highest BCUT2D eigenvalue weighted by Gasteiger charge is 2.36. The van der Waals surface area contributed by atoms with Crippen LogP contribution in [0, 0.1) is 11.8 Å². The predicted molar refractivity (Wildman–Crippen MR) is 125 cm³/mol. The SMILES string of the molecule is O=CN(C[C@@H](CC1CCCC1)C(=O)N1CCCCN1C(=O)c1ccco1)OCc1ccccc1. The van der Waals surface area contributed by atoms with Gasteiger partial charge in [0, 0.05) is 13.1 Å². The van der Waals surface area contributed by atoms with Gasteiger partial charge in [-0.2, -0.15) is 0 Å². The van der Waals surface area contributed by atoms with Gasteiger partial charge in [0.2, 0.25) is 12.3 Å². The highest BCUT2D eigenvalue weighted by molar-refractivity contribution is 5.93. The van der Waals surface area contributed by atoms with Crippen molar-refractivity contribution >= 4 is 18.2 Å². The summed E-state index contributed by atoms with van der Waals surface area (Å²) < 4.78 is 5.30. The Hall–Kier alpha value is -3.13. The molecule has 0 spiro atoms. The highest BCUT2D eigenvalue weighted by Crippen LogP contribution is 2.32. The second-order valence-electron chi connectivity index (χ2n) is 9.12. The molecule has 1 aliphatic heterocycles. The summed E-state index contributed by atoms with van der Waals surface area (Å²) in [6.07, 6.45) is 8.93. The molecular weight excluding hydrogens is 434 g/mol. The number of hydrazine groups is 1. The number of hydroxylamine groups is 2. The number of carbonyl (C=O) groups excluding carboxylic acids is 3. The molecule has 1 aromatic carbocycles. The van der Waals surface area contributed by atoms with Gasteiger partial charge in [-0.15, -0.1) is 0 Å². The fourth-order valence-electron chi connectivity index (χ4n) is 4.92. The Balaban J connectivity index is 1.48. The third-order valence-electron chi connectivity index (χ3n) is 6.70. The average Bonchev–Trinajstić information content (AvgIpc) is 3.60. The summed E-state index contributed by atoms with van der Waals surface area (Å²) in [7, 11) is 0. The second kappa shape index (κ2) is 11.8. The molecule has 0 unspecified atom stereocenters. The lowest BCUT2D eigenvalue weighted by Crippen LogP contribution is -2.56. The van der Waals surface area contributed by atoms with Crippen LogP contribution in [0.3, 0.4) is 0 Å². The van der Waals surface area contributed by atoms with Crippen molar-refractivity contribution in [2.24, 2.45) is 11.8 Å². The minimum Gasteiger partial charge on any atom is -0.459 e. The van der Waals surface area contributed by atoms with Crippen molar-refractivity contribution in [3.05, 3.63) is 60.1 Å². The topological polar surface area (TPSA) is 83.3 Å². The van der Waals surface area contributed by atoms with Crippen LogP contribution in [0.15, 0.2) is 53.1 Å². The number of furan rings is 1. The van der Waals surface area contributed by atoms with Gasteiger partial charge in [0.05, 0.1) is 18.7 Å². The predicted octanol–water partition coefficient (Wildman–Crippen LogP) is 4.05. The molecule has 2 aliphatic rings. The molecule has 8 heteroatoms. The largest absolute Gasteiger partial charge is 0.459 e. The van der Waals surface area contributed by atoms with Gasteiger partial charge >= 0.3 is 5.91 Å². The first kappa shape index (κ1) is 24.0. The second-order valence-corrected chi connectivity index (χ2v) is 9.12. The van der Waals surface area contributed by atoms with Crippen molar-refractivity contribution < 1.29 is 23.6 Å². The monoisotopic (exact) mass is 467 g/mol. The fourth-order valence-corrected chi connectivity index (χ4v) is 4.92. The molecule has 182 valence electrons. The maximum atomic E-state index is 13.8. The molecule has 0 radical (unpaired) electrons. The quantitative estimate of drug-likeness (QED) is 0.389. The van der Waals surface area contributed by atoms with Crippen LogP contribution in [0.25, 0.3) is 0 Å². The van der Waals surface area contributed by atoms with E-state index in [0.29, 0.717) is 31.8 Å². The zero-order valence-electron chi connectivity index (χ0n) is 19.5. The van der Waals surface area contributed by atoms with Crippen molar-refractivity contribution in [1.82, 2.24) is 15.1 Å². The van der Waals surface area contributed by atoms with E-state index in [-0.39, 0.29) is 30.7 Å². The molecule has 1 saturated carbocycles. The van der Waals surface area contributed by atoms with E-state index in [1.54, 1.807) is 17.1 Å². The summed E-state index contributed by atoms with van der Waals surface area (Å²) in [5.74, 6) is -0.246. The van der Waals surface area contributed by atoms with Crippen molar-refractivity contribution in [3.8, 4) is 0 Å². The fraction of sp³-hybridized carbons (Fsp3) is 0.500. The van der Waals surface area contributed by atoms with E-state index in [0.717, 1.165) is 31.2 Å². The lowest BCUT2D eigenvalue weighted by atomic mass is 9.92. The minimum absolute atomic E-state index is 0.137. The molecule has 3 amide bonds. The molecule has 2 heterocycles. The summed E-state index contributed by atoms with van der Waals surface area (Å²) >= 11 is 0. The number of hydrogen-bond acceptors (Lipinski definition) is 5. The molecule has 1 aliphatic carbocycles. The number of hydrogen-bond donors (Lipinski definition) is 0. The first-order valence-electron chi connectivity index (χ1n) is 12.2. The number of rotatable bonds is 10. The number of carbonyl (C=O) groups is 3. The van der Waals surface area contributed by atoms with Crippen LogP contribution < -0.4 is 0 Å². The third kappa shape index (κ3) is 6.05. The van der Waals surface area contributed by atoms with E-state index in [1.807, 2.05) is 30.3 Å². The normalized spacial score (nSPS) is 17.5. The van der Waals surface area contributed by atoms with Gasteiger partial charge in [-0.05, 0) is 42.9 Å². The lowest BCUT2D eigenvalue weighted by molar-refractivity contribution is -0.186. The molecule has 0 N–H and O–H groups in total. The molecule has 0 bridgehead atoms. The van der Waals surface area contributed by atoms with Gasteiger partial charge in [0.15, 0.2) is 5.76 Å². The van der Waals surface area contributed by atoms with Gasteiger partial charge in [0.25, 0.3) is 0 Å². The molecule has 1 aromatic heterocycles. The van der Waals surface area contributed by atoms with Crippen LogP contribution in [-0.4, -0.2) is 52.9 Å². The molecule has 2 fully saturated rings. The maximum absolute atomic E-state index is 13.8. The molecule has 2 aromatic rings. The van der Waals surface area contributed by atoms with Crippen LogP contribution in [0.1, 0.15) is 61.1 Å². The van der Waals surface area contributed by atoms with Gasteiger partial charge in [-0.3, -0.25) is 24.2 Å². The maximum Gasteiger partial charge on any atom is 0.308 e. The van der Waals surface area contributed by atoms with Crippen molar-refractivity contribution in [1.29, 1.82) is 0 Å². The van der Waals surface area contributed by atoms with Crippen LogP contribution >= 0.6 is 0 Å². The summed E-state index contributed by atoms with van der Waals surface area (Å²) in [5.41, 5.74) is 0.944. The van der Waals surface area contributed by atoms with Crippen LogP contribution in [-0.2, 0) is 21.0 Å². The van der Waals surface area contributed by atoms with Gasteiger partial charge in [0.1, 0.15) is 6.61 Å². The Morgan fingerprint density at radius 1 is 1.03 bits per heavy atom. The van der Waals surface area contributed by atoms with Gasteiger partial charge < -0.3 is 4.42 Å². The molecule has 4 rings (SSSR count). The molecule has 1 atom stereocenters. The van der Waals surface area contributed by atoms with Crippen molar-refractivity contribution in [3.63, 3.8) is 0 Å². The summed E-state index contributed by atoms with van der Waals surface area (Å²) in [6.45, 7) is 1.34.